The van der Waals surface area contributed by atoms with E-state index in [9.17, 15) is 13.2 Å². The first-order valence-electron chi connectivity index (χ1n) is 2.82. The first-order chi connectivity index (χ1) is 5.52. The van der Waals surface area contributed by atoms with Gasteiger partial charge in [0.05, 0.1) is 10.6 Å². The van der Waals surface area contributed by atoms with Gasteiger partial charge in [0.25, 0.3) is 6.43 Å². The minimum Gasteiger partial charge on any atom is -0.212 e. The van der Waals surface area contributed by atoms with Gasteiger partial charge >= 0.3 is 0 Å². The molecule has 0 unspecified atom stereocenters. The Hall–Kier alpha value is -0.290. The molecule has 0 N–H and O–H groups in total. The van der Waals surface area contributed by atoms with E-state index in [-0.39, 0.29) is 9.63 Å². The molecule has 0 bridgehead atoms. The average Bonchev–Trinajstić information content (AvgIpc) is 1.82. The van der Waals surface area contributed by atoms with Crippen molar-refractivity contribution in [1.29, 1.82) is 0 Å². The van der Waals surface area contributed by atoms with Crippen molar-refractivity contribution in [3.05, 3.63) is 27.2 Å². The van der Waals surface area contributed by atoms with Gasteiger partial charge in [-0.2, -0.15) is 4.39 Å². The molecule has 1 nitrogen and oxygen atoms in total. The highest BCUT2D eigenvalue weighted by molar-refractivity contribution is 9.10. The van der Waals surface area contributed by atoms with Gasteiger partial charge in [0.15, 0.2) is 0 Å². The molecule has 12 heavy (non-hydrogen) atoms. The molecule has 0 aliphatic rings. The maximum absolute atomic E-state index is 12.4. The summed E-state index contributed by atoms with van der Waals surface area (Å²) in [6.07, 6.45) is -2.76. The van der Waals surface area contributed by atoms with Crippen LogP contribution >= 0.6 is 27.5 Å². The van der Waals surface area contributed by atoms with Crippen LogP contribution in [0.25, 0.3) is 0 Å². The third kappa shape index (κ3) is 1.90. The van der Waals surface area contributed by atoms with E-state index in [1.807, 2.05) is 0 Å². The zero-order chi connectivity index (χ0) is 9.30. The topological polar surface area (TPSA) is 12.9 Å². The van der Waals surface area contributed by atoms with Crippen LogP contribution in [0.15, 0.2) is 10.7 Å². The summed E-state index contributed by atoms with van der Waals surface area (Å²) in [6.45, 7) is 0. The molecule has 66 valence electrons. The van der Waals surface area contributed by atoms with E-state index in [1.54, 1.807) is 0 Å². The summed E-state index contributed by atoms with van der Waals surface area (Å²) in [7, 11) is 0. The van der Waals surface area contributed by atoms with Crippen LogP contribution in [0.1, 0.15) is 12.0 Å². The maximum atomic E-state index is 12.4. The number of aromatic nitrogens is 1. The molecule has 0 aromatic carbocycles. The number of hydrogen-bond acceptors (Lipinski definition) is 1. The highest BCUT2D eigenvalue weighted by Gasteiger charge is 2.18. The normalized spacial score (nSPS) is 10.8. The van der Waals surface area contributed by atoms with Crippen molar-refractivity contribution in [3.63, 3.8) is 0 Å². The average molecular weight is 260 g/mol. The van der Waals surface area contributed by atoms with Gasteiger partial charge in [0.2, 0.25) is 5.95 Å². The Balaban J connectivity index is 3.28. The van der Waals surface area contributed by atoms with E-state index in [4.69, 9.17) is 11.6 Å². The predicted octanol–water partition coefficient (Wildman–Crippen LogP) is 3.57. The third-order valence-corrected chi connectivity index (χ3v) is 2.07. The van der Waals surface area contributed by atoms with E-state index < -0.39 is 17.9 Å². The smallest absolute Gasteiger partial charge is 0.212 e. The summed E-state index contributed by atoms with van der Waals surface area (Å²) >= 11 is 8.02. The van der Waals surface area contributed by atoms with Crippen molar-refractivity contribution in [1.82, 2.24) is 4.98 Å². The third-order valence-electron chi connectivity index (χ3n) is 1.15. The predicted molar refractivity (Wildman–Crippen MR) is 41.9 cm³/mol. The van der Waals surface area contributed by atoms with Crippen molar-refractivity contribution in [2.45, 2.75) is 6.43 Å². The Labute approximate surface area is 79.7 Å². The molecular formula is C6H2BrClF3N. The van der Waals surface area contributed by atoms with Crippen molar-refractivity contribution in [2.24, 2.45) is 0 Å². The molecule has 0 atom stereocenters. The Morgan fingerprint density at radius 3 is 2.50 bits per heavy atom. The quantitative estimate of drug-likeness (QED) is 0.703. The van der Waals surface area contributed by atoms with Crippen LogP contribution in [-0.4, -0.2) is 4.98 Å². The number of rotatable bonds is 1. The van der Waals surface area contributed by atoms with Crippen LogP contribution in [0.2, 0.25) is 5.02 Å². The van der Waals surface area contributed by atoms with Gasteiger partial charge in [-0.05, 0) is 15.9 Å². The van der Waals surface area contributed by atoms with Crippen molar-refractivity contribution in [3.8, 4) is 0 Å². The number of alkyl halides is 2. The minimum atomic E-state index is -2.76. The van der Waals surface area contributed by atoms with E-state index in [1.165, 1.54) is 0 Å². The van der Waals surface area contributed by atoms with Crippen LogP contribution in [0, 0.1) is 5.95 Å². The van der Waals surface area contributed by atoms with Crippen LogP contribution in [-0.2, 0) is 0 Å². The number of hydrogen-bond donors (Lipinski definition) is 0. The van der Waals surface area contributed by atoms with Crippen molar-refractivity contribution >= 4 is 27.5 Å². The second kappa shape index (κ2) is 3.62. The SMILES string of the molecule is Fc1cc(Cl)c(C(F)F)c(Br)n1. The van der Waals surface area contributed by atoms with E-state index in [0.717, 1.165) is 6.07 Å². The van der Waals surface area contributed by atoms with Gasteiger partial charge in [0.1, 0.15) is 4.60 Å². The fourth-order valence-corrected chi connectivity index (χ4v) is 1.59. The summed E-state index contributed by atoms with van der Waals surface area (Å²) in [5.41, 5.74) is -0.488. The summed E-state index contributed by atoms with van der Waals surface area (Å²) < 4.78 is 36.4. The lowest BCUT2D eigenvalue weighted by Crippen LogP contribution is -1.94. The van der Waals surface area contributed by atoms with Crippen LogP contribution in [0.3, 0.4) is 0 Å². The fraction of sp³-hybridized carbons (Fsp3) is 0.167. The molecule has 6 heteroatoms. The van der Waals surface area contributed by atoms with Gasteiger partial charge in [-0.3, -0.25) is 0 Å². The molecule has 0 aliphatic heterocycles. The zero-order valence-electron chi connectivity index (χ0n) is 5.49. The monoisotopic (exact) mass is 259 g/mol. The first-order valence-corrected chi connectivity index (χ1v) is 3.99. The highest BCUT2D eigenvalue weighted by Crippen LogP contribution is 2.32. The van der Waals surface area contributed by atoms with Crippen LogP contribution in [0.5, 0.6) is 0 Å². The van der Waals surface area contributed by atoms with Crippen molar-refractivity contribution < 1.29 is 13.2 Å². The molecule has 1 aromatic rings. The van der Waals surface area contributed by atoms with Gasteiger partial charge in [-0.25, -0.2) is 13.8 Å². The summed E-state index contributed by atoms with van der Waals surface area (Å²) in [5.74, 6) is -0.892. The standard InChI is InChI=1S/C6H2BrClF3N/c7-5-4(6(10)11)2(8)1-3(9)12-5/h1,6H. The Bertz CT molecular complexity index is 282. The Morgan fingerprint density at radius 2 is 2.08 bits per heavy atom. The zero-order valence-corrected chi connectivity index (χ0v) is 7.83. The number of halogens is 5. The fourth-order valence-electron chi connectivity index (χ4n) is 0.661. The molecule has 0 spiro atoms. The second-order valence-electron chi connectivity index (χ2n) is 1.93. The van der Waals surface area contributed by atoms with Crippen LogP contribution < -0.4 is 0 Å². The lowest BCUT2D eigenvalue weighted by atomic mass is 10.3. The lowest BCUT2D eigenvalue weighted by molar-refractivity contribution is 0.150. The molecule has 0 fully saturated rings. The van der Waals surface area contributed by atoms with Gasteiger partial charge in [-0.15, -0.1) is 0 Å². The molecule has 0 saturated carbocycles. The highest BCUT2D eigenvalue weighted by atomic mass is 79.9. The molecular weight excluding hydrogens is 258 g/mol. The number of pyridine rings is 1. The molecule has 1 aromatic heterocycles. The van der Waals surface area contributed by atoms with E-state index in [2.05, 4.69) is 20.9 Å². The van der Waals surface area contributed by atoms with Crippen LogP contribution in [0.4, 0.5) is 13.2 Å². The largest absolute Gasteiger partial charge is 0.267 e. The molecule has 1 heterocycles. The summed E-state index contributed by atoms with van der Waals surface area (Å²) in [6, 6.07) is 0.744. The minimum absolute atomic E-state index is 0.262. The maximum Gasteiger partial charge on any atom is 0.267 e. The molecule has 0 radical (unpaired) electrons. The van der Waals surface area contributed by atoms with Gasteiger partial charge < -0.3 is 0 Å². The van der Waals surface area contributed by atoms with Crippen molar-refractivity contribution in [2.75, 3.05) is 0 Å². The Kier molecular flexibility index (Phi) is 2.95. The number of nitrogens with zero attached hydrogens (tertiary/aromatic N) is 1. The molecule has 0 aliphatic carbocycles. The summed E-state index contributed by atoms with van der Waals surface area (Å²) in [4.78, 5) is 3.14. The Morgan fingerprint density at radius 1 is 1.50 bits per heavy atom. The van der Waals surface area contributed by atoms with E-state index in [0.29, 0.717) is 0 Å². The first kappa shape index (κ1) is 9.80. The summed E-state index contributed by atoms with van der Waals surface area (Å²) in [5, 5.41) is -0.329. The lowest BCUT2D eigenvalue weighted by Gasteiger charge is -2.04. The molecule has 0 amide bonds. The van der Waals surface area contributed by atoms with Gasteiger partial charge in [0, 0.05) is 6.07 Å². The molecule has 0 saturated heterocycles. The second-order valence-corrected chi connectivity index (χ2v) is 3.09. The van der Waals surface area contributed by atoms with E-state index >= 15 is 0 Å². The molecule has 1 rings (SSSR count). The van der Waals surface area contributed by atoms with Gasteiger partial charge in [-0.1, -0.05) is 11.6 Å².